The first-order valence-electron chi connectivity index (χ1n) is 9.31. The van der Waals surface area contributed by atoms with Gasteiger partial charge in [-0.15, -0.1) is 0 Å². The van der Waals surface area contributed by atoms with E-state index in [1.165, 1.54) is 12.8 Å². The first-order valence-corrected chi connectivity index (χ1v) is 10.8. The van der Waals surface area contributed by atoms with Crippen molar-refractivity contribution in [2.24, 2.45) is 5.92 Å². The Morgan fingerprint density at radius 2 is 1.68 bits per heavy atom. The lowest BCUT2D eigenvalue weighted by atomic mass is 9.94. The SMILES string of the molecule is Cc1ccc(S(=O)(=O)N2CCC(CC(=O)NC3CCCC3)CC2)cc1. The summed E-state index contributed by atoms with van der Waals surface area (Å²) in [6.45, 7) is 2.94. The molecule has 1 aromatic rings. The highest BCUT2D eigenvalue weighted by molar-refractivity contribution is 7.89. The topological polar surface area (TPSA) is 66.5 Å². The summed E-state index contributed by atoms with van der Waals surface area (Å²) in [5.74, 6) is 0.414. The Hall–Kier alpha value is -1.40. The molecule has 0 radical (unpaired) electrons. The third-order valence-corrected chi connectivity index (χ3v) is 7.34. The molecule has 0 atom stereocenters. The van der Waals surface area contributed by atoms with E-state index in [9.17, 15) is 13.2 Å². The van der Waals surface area contributed by atoms with Crippen molar-refractivity contribution in [2.75, 3.05) is 13.1 Å². The predicted octanol–water partition coefficient (Wildman–Crippen LogP) is 2.84. The minimum absolute atomic E-state index is 0.131. The number of carbonyl (C=O) groups is 1. The average Bonchev–Trinajstić information content (AvgIpc) is 3.08. The molecule has 0 unspecified atom stereocenters. The first-order chi connectivity index (χ1) is 11.9. The Bertz CT molecular complexity index is 686. The Morgan fingerprint density at radius 3 is 2.28 bits per heavy atom. The number of carbonyl (C=O) groups excluding carboxylic acids is 1. The van der Waals surface area contributed by atoms with Crippen LogP contribution in [-0.4, -0.2) is 37.8 Å². The molecule has 1 saturated carbocycles. The molecule has 1 amide bonds. The van der Waals surface area contributed by atoms with Crippen LogP contribution in [0.2, 0.25) is 0 Å². The van der Waals surface area contributed by atoms with Crippen LogP contribution in [0.4, 0.5) is 0 Å². The second kappa shape index (κ2) is 7.87. The standard InChI is InChI=1S/C19H28N2O3S/c1-15-6-8-18(9-7-15)25(23,24)21-12-10-16(11-13-21)14-19(22)20-17-4-2-3-5-17/h6-9,16-17H,2-5,10-14H2,1H3,(H,20,22). The van der Waals surface area contributed by atoms with E-state index in [4.69, 9.17) is 0 Å². The van der Waals surface area contributed by atoms with Gasteiger partial charge in [-0.3, -0.25) is 4.79 Å². The molecule has 0 bridgehead atoms. The van der Waals surface area contributed by atoms with Crippen molar-refractivity contribution in [3.05, 3.63) is 29.8 Å². The van der Waals surface area contributed by atoms with Crippen LogP contribution < -0.4 is 5.32 Å². The molecule has 1 heterocycles. The number of rotatable bonds is 5. The van der Waals surface area contributed by atoms with Gasteiger partial charge in [0.25, 0.3) is 0 Å². The number of amides is 1. The first kappa shape index (κ1) is 18.4. The second-order valence-electron chi connectivity index (χ2n) is 7.41. The third-order valence-electron chi connectivity index (χ3n) is 5.43. The Kier molecular flexibility index (Phi) is 5.79. The highest BCUT2D eigenvalue weighted by Crippen LogP contribution is 2.26. The van der Waals surface area contributed by atoms with Crippen molar-refractivity contribution in [1.82, 2.24) is 9.62 Å². The van der Waals surface area contributed by atoms with Crippen molar-refractivity contribution >= 4 is 15.9 Å². The van der Waals surface area contributed by atoms with Crippen LogP contribution in [0.1, 0.15) is 50.5 Å². The smallest absolute Gasteiger partial charge is 0.243 e. The monoisotopic (exact) mass is 364 g/mol. The molecule has 1 N–H and O–H groups in total. The lowest BCUT2D eigenvalue weighted by molar-refractivity contribution is -0.122. The van der Waals surface area contributed by atoms with Gasteiger partial charge in [-0.05, 0) is 50.7 Å². The number of aryl methyl sites for hydroxylation is 1. The van der Waals surface area contributed by atoms with E-state index < -0.39 is 10.0 Å². The van der Waals surface area contributed by atoms with E-state index in [1.807, 2.05) is 19.1 Å². The summed E-state index contributed by atoms with van der Waals surface area (Å²) in [4.78, 5) is 12.5. The zero-order valence-electron chi connectivity index (χ0n) is 14.9. The highest BCUT2D eigenvalue weighted by atomic mass is 32.2. The average molecular weight is 365 g/mol. The maximum atomic E-state index is 12.7. The molecule has 25 heavy (non-hydrogen) atoms. The highest BCUT2D eigenvalue weighted by Gasteiger charge is 2.30. The molecule has 6 heteroatoms. The fraction of sp³-hybridized carbons (Fsp3) is 0.632. The van der Waals surface area contributed by atoms with Crippen LogP contribution in [0.3, 0.4) is 0 Å². The van der Waals surface area contributed by atoms with Crippen LogP contribution >= 0.6 is 0 Å². The van der Waals surface area contributed by atoms with Crippen molar-refractivity contribution in [1.29, 1.82) is 0 Å². The molecule has 1 aliphatic heterocycles. The van der Waals surface area contributed by atoms with Gasteiger partial charge >= 0.3 is 0 Å². The summed E-state index contributed by atoms with van der Waals surface area (Å²) in [7, 11) is -3.42. The van der Waals surface area contributed by atoms with Crippen LogP contribution in [0.25, 0.3) is 0 Å². The van der Waals surface area contributed by atoms with Crippen LogP contribution in [0.15, 0.2) is 29.2 Å². The molecule has 1 aliphatic carbocycles. The normalized spacial score (nSPS) is 20.7. The van der Waals surface area contributed by atoms with Crippen LogP contribution in [0, 0.1) is 12.8 Å². The second-order valence-corrected chi connectivity index (χ2v) is 9.35. The van der Waals surface area contributed by atoms with E-state index >= 15 is 0 Å². The number of sulfonamides is 1. The number of hydrogen-bond acceptors (Lipinski definition) is 3. The van der Waals surface area contributed by atoms with Gasteiger partial charge < -0.3 is 5.32 Å². The van der Waals surface area contributed by atoms with Gasteiger partial charge in [0.1, 0.15) is 0 Å². The molecule has 0 aromatic heterocycles. The minimum atomic E-state index is -3.42. The fourth-order valence-corrected chi connectivity index (χ4v) is 5.30. The summed E-state index contributed by atoms with van der Waals surface area (Å²) >= 11 is 0. The van der Waals surface area contributed by atoms with Crippen molar-refractivity contribution < 1.29 is 13.2 Å². The molecule has 5 nitrogen and oxygen atoms in total. The largest absolute Gasteiger partial charge is 0.353 e. The number of nitrogens with one attached hydrogen (secondary N) is 1. The Morgan fingerprint density at radius 1 is 1.08 bits per heavy atom. The molecule has 1 saturated heterocycles. The van der Waals surface area contributed by atoms with E-state index in [-0.39, 0.29) is 11.8 Å². The quantitative estimate of drug-likeness (QED) is 0.874. The van der Waals surface area contributed by atoms with E-state index in [0.717, 1.165) is 31.2 Å². The van der Waals surface area contributed by atoms with E-state index in [1.54, 1.807) is 16.4 Å². The van der Waals surface area contributed by atoms with Gasteiger partial charge in [0, 0.05) is 25.6 Å². The van der Waals surface area contributed by atoms with Crippen molar-refractivity contribution in [2.45, 2.75) is 62.8 Å². The van der Waals surface area contributed by atoms with Gasteiger partial charge in [0.2, 0.25) is 15.9 Å². The Balaban J connectivity index is 1.51. The minimum Gasteiger partial charge on any atom is -0.353 e. The summed E-state index contributed by atoms with van der Waals surface area (Å²) < 4.78 is 27.0. The summed E-state index contributed by atoms with van der Waals surface area (Å²) in [6.07, 6.45) is 6.64. The van der Waals surface area contributed by atoms with Crippen LogP contribution in [0.5, 0.6) is 0 Å². The Labute approximate surface area is 150 Å². The van der Waals surface area contributed by atoms with Gasteiger partial charge in [0.15, 0.2) is 0 Å². The molecule has 1 aromatic carbocycles. The molecular formula is C19H28N2O3S. The van der Waals surface area contributed by atoms with Gasteiger partial charge in [-0.1, -0.05) is 30.5 Å². The van der Waals surface area contributed by atoms with E-state index in [2.05, 4.69) is 5.32 Å². The predicted molar refractivity (Wildman–Crippen MR) is 97.7 cm³/mol. The molecule has 3 rings (SSSR count). The summed E-state index contributed by atoms with van der Waals surface area (Å²) in [5, 5.41) is 3.13. The van der Waals surface area contributed by atoms with Crippen molar-refractivity contribution in [3.8, 4) is 0 Å². The molecule has 2 fully saturated rings. The number of nitrogens with zero attached hydrogens (tertiary/aromatic N) is 1. The lowest BCUT2D eigenvalue weighted by Crippen LogP contribution is -2.40. The van der Waals surface area contributed by atoms with Gasteiger partial charge in [0.05, 0.1) is 4.90 Å². The van der Waals surface area contributed by atoms with Crippen LogP contribution in [-0.2, 0) is 14.8 Å². The number of hydrogen-bond donors (Lipinski definition) is 1. The van der Waals surface area contributed by atoms with E-state index in [0.29, 0.717) is 30.4 Å². The molecular weight excluding hydrogens is 336 g/mol. The molecule has 0 spiro atoms. The van der Waals surface area contributed by atoms with Gasteiger partial charge in [-0.25, -0.2) is 8.42 Å². The number of benzene rings is 1. The summed E-state index contributed by atoms with van der Waals surface area (Å²) in [5.41, 5.74) is 1.05. The third kappa shape index (κ3) is 4.61. The zero-order valence-corrected chi connectivity index (χ0v) is 15.7. The maximum absolute atomic E-state index is 12.7. The van der Waals surface area contributed by atoms with Crippen molar-refractivity contribution in [3.63, 3.8) is 0 Å². The fourth-order valence-electron chi connectivity index (χ4n) is 3.83. The lowest BCUT2D eigenvalue weighted by Gasteiger charge is -2.31. The molecule has 138 valence electrons. The summed E-state index contributed by atoms with van der Waals surface area (Å²) in [6, 6.07) is 7.35. The maximum Gasteiger partial charge on any atom is 0.243 e. The van der Waals surface area contributed by atoms with Gasteiger partial charge in [-0.2, -0.15) is 4.31 Å². The number of piperidine rings is 1. The zero-order chi connectivity index (χ0) is 17.9. The molecule has 2 aliphatic rings.